The van der Waals surface area contributed by atoms with E-state index in [2.05, 4.69) is 4.98 Å². The largest absolute Gasteiger partial charge is 0.433 e. The number of carbonyl (C=O) groups excluding carboxylic acids is 1. The number of halogens is 3. The van der Waals surface area contributed by atoms with Crippen molar-refractivity contribution < 1.29 is 18.0 Å². The first-order valence-electron chi connectivity index (χ1n) is 4.11. The molecule has 1 aromatic rings. The van der Waals surface area contributed by atoms with Gasteiger partial charge in [0.2, 0.25) is 0 Å². The predicted octanol–water partition coefficient (Wildman–Crippen LogP) is 2.70. The lowest BCUT2D eigenvalue weighted by Crippen LogP contribution is -2.07. The lowest BCUT2D eigenvalue weighted by Gasteiger charge is -2.04. The van der Waals surface area contributed by atoms with Crippen LogP contribution in [-0.4, -0.2) is 10.8 Å². The highest BCUT2D eigenvalue weighted by molar-refractivity contribution is 5.91. The minimum Gasteiger partial charge on any atom is -0.295 e. The molecule has 80 valence electrons. The molecule has 0 aromatic carbocycles. The quantitative estimate of drug-likeness (QED) is 0.710. The van der Waals surface area contributed by atoms with E-state index in [4.69, 9.17) is 0 Å². The lowest BCUT2D eigenvalue weighted by atomic mass is 10.2. The standard InChI is InChI=1S/C10H8F3NO/c1-7(15)2-3-8-4-5-9(14-6-8)10(11,12)13/h2-6H,1H3. The van der Waals surface area contributed by atoms with E-state index in [1.165, 1.54) is 25.1 Å². The zero-order valence-electron chi connectivity index (χ0n) is 7.88. The molecule has 0 aliphatic carbocycles. The first-order chi connectivity index (χ1) is 6.89. The van der Waals surface area contributed by atoms with Crippen molar-refractivity contribution in [1.29, 1.82) is 0 Å². The van der Waals surface area contributed by atoms with Gasteiger partial charge in [-0.05, 0) is 30.7 Å². The van der Waals surface area contributed by atoms with Gasteiger partial charge in [0.15, 0.2) is 5.78 Å². The second-order valence-corrected chi connectivity index (χ2v) is 2.92. The van der Waals surface area contributed by atoms with Gasteiger partial charge >= 0.3 is 6.18 Å². The molecule has 0 saturated carbocycles. The Bertz CT molecular complexity index is 379. The molecule has 0 amide bonds. The summed E-state index contributed by atoms with van der Waals surface area (Å²) in [5.41, 5.74) is -0.485. The molecule has 0 unspecified atom stereocenters. The molecule has 0 saturated heterocycles. The van der Waals surface area contributed by atoms with Gasteiger partial charge < -0.3 is 0 Å². The van der Waals surface area contributed by atoms with Gasteiger partial charge in [0.1, 0.15) is 5.69 Å². The average molecular weight is 215 g/mol. The molecule has 0 fully saturated rings. The van der Waals surface area contributed by atoms with Crippen LogP contribution in [0.25, 0.3) is 6.08 Å². The highest BCUT2D eigenvalue weighted by atomic mass is 19.4. The molecule has 0 bridgehead atoms. The third kappa shape index (κ3) is 3.53. The van der Waals surface area contributed by atoms with Gasteiger partial charge in [0.25, 0.3) is 0 Å². The summed E-state index contributed by atoms with van der Waals surface area (Å²) in [6.07, 6.45) is -0.676. The summed E-state index contributed by atoms with van der Waals surface area (Å²) in [4.78, 5) is 13.8. The number of hydrogen-bond donors (Lipinski definition) is 0. The topological polar surface area (TPSA) is 30.0 Å². The number of aromatic nitrogens is 1. The van der Waals surface area contributed by atoms with Gasteiger partial charge in [-0.25, -0.2) is 0 Å². The van der Waals surface area contributed by atoms with Crippen molar-refractivity contribution in [3.63, 3.8) is 0 Å². The second kappa shape index (κ2) is 4.25. The van der Waals surface area contributed by atoms with E-state index in [9.17, 15) is 18.0 Å². The monoisotopic (exact) mass is 215 g/mol. The highest BCUT2D eigenvalue weighted by Crippen LogP contribution is 2.27. The molecule has 1 rings (SSSR count). The van der Waals surface area contributed by atoms with E-state index >= 15 is 0 Å². The smallest absolute Gasteiger partial charge is 0.295 e. The van der Waals surface area contributed by atoms with Crippen molar-refractivity contribution in [2.45, 2.75) is 13.1 Å². The van der Waals surface area contributed by atoms with Crippen molar-refractivity contribution in [2.24, 2.45) is 0 Å². The Balaban J connectivity index is 2.86. The Morgan fingerprint density at radius 1 is 1.40 bits per heavy atom. The minimum atomic E-state index is -4.43. The molecule has 0 N–H and O–H groups in total. The number of alkyl halides is 3. The summed E-state index contributed by atoms with van der Waals surface area (Å²) in [6.45, 7) is 1.36. The number of carbonyl (C=O) groups is 1. The Labute approximate surface area is 84.4 Å². The van der Waals surface area contributed by atoms with Gasteiger partial charge in [-0.3, -0.25) is 9.78 Å². The number of pyridine rings is 1. The van der Waals surface area contributed by atoms with E-state index < -0.39 is 11.9 Å². The van der Waals surface area contributed by atoms with Crippen molar-refractivity contribution in [2.75, 3.05) is 0 Å². The maximum atomic E-state index is 12.1. The molecule has 1 heterocycles. The SMILES string of the molecule is CC(=O)C=Cc1ccc(C(F)(F)F)nc1. The van der Waals surface area contributed by atoms with Crippen LogP contribution in [0, 0.1) is 0 Å². The zero-order valence-corrected chi connectivity index (χ0v) is 7.88. The van der Waals surface area contributed by atoms with E-state index in [1.54, 1.807) is 0 Å². The van der Waals surface area contributed by atoms with Gasteiger partial charge in [-0.1, -0.05) is 6.07 Å². The molecule has 5 heteroatoms. The van der Waals surface area contributed by atoms with Crippen LogP contribution < -0.4 is 0 Å². The molecular weight excluding hydrogens is 207 g/mol. The highest BCUT2D eigenvalue weighted by Gasteiger charge is 2.31. The molecule has 0 aliphatic heterocycles. The molecular formula is C10H8F3NO. The van der Waals surface area contributed by atoms with E-state index in [0.29, 0.717) is 5.56 Å². The summed E-state index contributed by atoms with van der Waals surface area (Å²) < 4.78 is 36.3. The van der Waals surface area contributed by atoms with Gasteiger partial charge in [0, 0.05) is 6.20 Å². The average Bonchev–Trinajstić information content (AvgIpc) is 2.14. The first kappa shape index (κ1) is 11.4. The molecule has 0 spiro atoms. The summed E-state index contributed by atoms with van der Waals surface area (Å²) in [5.74, 6) is -0.171. The number of ketones is 1. The molecule has 0 atom stereocenters. The minimum absolute atomic E-state index is 0.171. The van der Waals surface area contributed by atoms with Crippen molar-refractivity contribution in [3.8, 4) is 0 Å². The summed E-state index contributed by atoms with van der Waals surface area (Å²) in [6, 6.07) is 2.13. The van der Waals surface area contributed by atoms with E-state index in [0.717, 1.165) is 12.3 Å². The number of allylic oxidation sites excluding steroid dienone is 1. The molecule has 2 nitrogen and oxygen atoms in total. The Morgan fingerprint density at radius 3 is 2.47 bits per heavy atom. The Hall–Kier alpha value is -1.65. The Morgan fingerprint density at radius 2 is 2.07 bits per heavy atom. The van der Waals surface area contributed by atoms with E-state index in [1.807, 2.05) is 0 Å². The fourth-order valence-electron chi connectivity index (χ4n) is 0.885. The molecule has 1 aromatic heterocycles. The maximum Gasteiger partial charge on any atom is 0.433 e. The third-order valence-corrected chi connectivity index (χ3v) is 1.59. The van der Waals surface area contributed by atoms with Crippen LogP contribution in [-0.2, 0) is 11.0 Å². The third-order valence-electron chi connectivity index (χ3n) is 1.59. The number of hydrogen-bond acceptors (Lipinski definition) is 2. The summed E-state index contributed by atoms with van der Waals surface area (Å²) in [7, 11) is 0. The fourth-order valence-corrected chi connectivity index (χ4v) is 0.885. The van der Waals surface area contributed by atoms with Crippen LogP contribution in [0.3, 0.4) is 0 Å². The van der Waals surface area contributed by atoms with Crippen molar-refractivity contribution in [3.05, 3.63) is 35.7 Å². The maximum absolute atomic E-state index is 12.1. The van der Waals surface area contributed by atoms with Crippen LogP contribution >= 0.6 is 0 Å². The van der Waals surface area contributed by atoms with Crippen LogP contribution in [0.4, 0.5) is 13.2 Å². The van der Waals surface area contributed by atoms with Crippen LogP contribution in [0.1, 0.15) is 18.2 Å². The van der Waals surface area contributed by atoms with Gasteiger partial charge in [-0.2, -0.15) is 13.2 Å². The normalized spacial score (nSPS) is 12.0. The molecule has 15 heavy (non-hydrogen) atoms. The van der Waals surface area contributed by atoms with Crippen molar-refractivity contribution >= 4 is 11.9 Å². The number of nitrogens with zero attached hydrogens (tertiary/aromatic N) is 1. The number of rotatable bonds is 2. The molecule has 0 radical (unpaired) electrons. The van der Waals surface area contributed by atoms with Crippen LogP contribution in [0.15, 0.2) is 24.4 Å². The Kier molecular flexibility index (Phi) is 3.24. The fraction of sp³-hybridized carbons (Fsp3) is 0.200. The van der Waals surface area contributed by atoms with Crippen molar-refractivity contribution in [1.82, 2.24) is 4.98 Å². The van der Waals surface area contributed by atoms with Crippen LogP contribution in [0.5, 0.6) is 0 Å². The van der Waals surface area contributed by atoms with Gasteiger partial charge in [0.05, 0.1) is 0 Å². The lowest BCUT2D eigenvalue weighted by molar-refractivity contribution is -0.141. The zero-order chi connectivity index (χ0) is 11.5. The second-order valence-electron chi connectivity index (χ2n) is 2.92. The van der Waals surface area contributed by atoms with E-state index in [-0.39, 0.29) is 5.78 Å². The summed E-state index contributed by atoms with van der Waals surface area (Å²) in [5, 5.41) is 0. The van der Waals surface area contributed by atoms with Crippen LogP contribution in [0.2, 0.25) is 0 Å². The van der Waals surface area contributed by atoms with Gasteiger partial charge in [-0.15, -0.1) is 0 Å². The molecule has 0 aliphatic rings. The predicted molar refractivity (Wildman–Crippen MR) is 49.0 cm³/mol. The first-order valence-corrected chi connectivity index (χ1v) is 4.11. The summed E-state index contributed by atoms with van der Waals surface area (Å²) >= 11 is 0.